The molecular formula is C12H17N3O2. The third kappa shape index (κ3) is 2.07. The molecule has 1 aromatic heterocycles. The number of carbonyl (C=O) groups excluding carboxylic acids is 1. The predicted octanol–water partition coefficient (Wildman–Crippen LogP) is 0.870. The highest BCUT2D eigenvalue weighted by Gasteiger charge is 2.30. The van der Waals surface area contributed by atoms with Gasteiger partial charge in [0.25, 0.3) is 0 Å². The van der Waals surface area contributed by atoms with Crippen LogP contribution >= 0.6 is 0 Å². The number of nitrogens with zero attached hydrogens (tertiary/aromatic N) is 3. The van der Waals surface area contributed by atoms with Crippen LogP contribution in [0.2, 0.25) is 0 Å². The van der Waals surface area contributed by atoms with Gasteiger partial charge in [0, 0.05) is 25.2 Å². The predicted molar refractivity (Wildman–Crippen MR) is 63.1 cm³/mol. The van der Waals surface area contributed by atoms with E-state index in [0.717, 1.165) is 45.4 Å². The number of aromatic nitrogens is 2. The van der Waals surface area contributed by atoms with Crippen LogP contribution in [0.5, 0.6) is 0 Å². The van der Waals surface area contributed by atoms with Gasteiger partial charge in [0.1, 0.15) is 6.29 Å². The zero-order valence-electron chi connectivity index (χ0n) is 9.79. The Labute approximate surface area is 100 Å². The van der Waals surface area contributed by atoms with Crippen LogP contribution in [0.4, 0.5) is 5.69 Å². The first-order chi connectivity index (χ1) is 8.36. The number of ether oxygens (including phenoxy) is 1. The standard InChI is InChI=1S/C12H17N3O2/c16-9-10-5-11(6-10)15-8-12(7-13-15)14-1-3-17-4-2-14/h7-11H,1-6H2. The average molecular weight is 235 g/mol. The summed E-state index contributed by atoms with van der Waals surface area (Å²) in [6.45, 7) is 3.46. The Hall–Kier alpha value is -1.36. The van der Waals surface area contributed by atoms with Crippen molar-refractivity contribution in [2.45, 2.75) is 18.9 Å². The van der Waals surface area contributed by atoms with Crippen LogP contribution in [0.15, 0.2) is 12.4 Å². The van der Waals surface area contributed by atoms with Gasteiger partial charge in [0.15, 0.2) is 0 Å². The highest BCUT2D eigenvalue weighted by atomic mass is 16.5. The second kappa shape index (κ2) is 4.49. The Bertz CT molecular complexity index is 392. The van der Waals surface area contributed by atoms with Crippen molar-refractivity contribution in [3.8, 4) is 0 Å². The van der Waals surface area contributed by atoms with E-state index in [0.29, 0.717) is 6.04 Å². The molecule has 1 saturated heterocycles. The van der Waals surface area contributed by atoms with Gasteiger partial charge in [-0.3, -0.25) is 4.68 Å². The van der Waals surface area contributed by atoms with E-state index in [1.54, 1.807) is 0 Å². The summed E-state index contributed by atoms with van der Waals surface area (Å²) in [4.78, 5) is 12.9. The number of carbonyl (C=O) groups is 1. The topological polar surface area (TPSA) is 47.4 Å². The van der Waals surface area contributed by atoms with Crippen molar-refractivity contribution in [2.24, 2.45) is 5.92 Å². The Balaban J connectivity index is 1.64. The van der Waals surface area contributed by atoms with Crippen LogP contribution in [-0.4, -0.2) is 42.4 Å². The number of rotatable bonds is 3. The van der Waals surface area contributed by atoms with Gasteiger partial charge in [0.05, 0.1) is 31.1 Å². The first-order valence-electron chi connectivity index (χ1n) is 6.19. The third-order valence-corrected chi connectivity index (χ3v) is 3.68. The molecular weight excluding hydrogens is 218 g/mol. The number of aldehydes is 1. The van der Waals surface area contributed by atoms with Crippen molar-refractivity contribution < 1.29 is 9.53 Å². The van der Waals surface area contributed by atoms with Crippen LogP contribution in [0.3, 0.4) is 0 Å². The maximum absolute atomic E-state index is 10.6. The Morgan fingerprint density at radius 1 is 1.35 bits per heavy atom. The fourth-order valence-corrected chi connectivity index (χ4v) is 2.47. The lowest BCUT2D eigenvalue weighted by Crippen LogP contribution is -2.36. The number of hydrogen-bond donors (Lipinski definition) is 0. The fourth-order valence-electron chi connectivity index (χ4n) is 2.47. The smallest absolute Gasteiger partial charge is 0.123 e. The molecule has 0 aromatic carbocycles. The third-order valence-electron chi connectivity index (χ3n) is 3.68. The van der Waals surface area contributed by atoms with Crippen LogP contribution in [0.25, 0.3) is 0 Å². The highest BCUT2D eigenvalue weighted by Crippen LogP contribution is 2.36. The van der Waals surface area contributed by atoms with E-state index in [-0.39, 0.29) is 5.92 Å². The Morgan fingerprint density at radius 2 is 2.12 bits per heavy atom. The molecule has 0 unspecified atom stereocenters. The van der Waals surface area contributed by atoms with Crippen LogP contribution in [0, 0.1) is 5.92 Å². The summed E-state index contributed by atoms with van der Waals surface area (Å²) >= 11 is 0. The van der Waals surface area contributed by atoms with Crippen molar-refractivity contribution in [2.75, 3.05) is 31.2 Å². The molecule has 2 fully saturated rings. The summed E-state index contributed by atoms with van der Waals surface area (Å²) in [5, 5.41) is 4.40. The van der Waals surface area contributed by atoms with E-state index in [1.807, 2.05) is 10.9 Å². The fraction of sp³-hybridized carbons (Fsp3) is 0.667. The summed E-state index contributed by atoms with van der Waals surface area (Å²) in [7, 11) is 0. The molecule has 3 rings (SSSR count). The minimum atomic E-state index is 0.246. The van der Waals surface area contributed by atoms with Gasteiger partial charge in [0.2, 0.25) is 0 Å². The molecule has 0 amide bonds. The first kappa shape index (κ1) is 10.8. The highest BCUT2D eigenvalue weighted by molar-refractivity contribution is 5.55. The van der Waals surface area contributed by atoms with Crippen molar-refractivity contribution in [3.63, 3.8) is 0 Å². The molecule has 2 aliphatic rings. The second-order valence-electron chi connectivity index (χ2n) is 4.80. The molecule has 0 spiro atoms. The number of morpholine rings is 1. The molecule has 0 radical (unpaired) electrons. The molecule has 0 N–H and O–H groups in total. The second-order valence-corrected chi connectivity index (χ2v) is 4.80. The quantitative estimate of drug-likeness (QED) is 0.729. The van der Waals surface area contributed by atoms with Gasteiger partial charge in [-0.05, 0) is 12.8 Å². The Kier molecular flexibility index (Phi) is 2.84. The maximum atomic E-state index is 10.6. The molecule has 5 heteroatoms. The summed E-state index contributed by atoms with van der Waals surface area (Å²) in [6.07, 6.45) is 6.95. The molecule has 1 aliphatic carbocycles. The minimum Gasteiger partial charge on any atom is -0.378 e. The zero-order valence-corrected chi connectivity index (χ0v) is 9.79. The van der Waals surface area contributed by atoms with Gasteiger partial charge in [-0.15, -0.1) is 0 Å². The molecule has 0 atom stereocenters. The SMILES string of the molecule is O=CC1CC(n2cc(N3CCOCC3)cn2)C1. The zero-order chi connectivity index (χ0) is 11.7. The van der Waals surface area contributed by atoms with Gasteiger partial charge in [-0.25, -0.2) is 0 Å². The number of hydrogen-bond acceptors (Lipinski definition) is 4. The van der Waals surface area contributed by atoms with Crippen LogP contribution in [-0.2, 0) is 9.53 Å². The lowest BCUT2D eigenvalue weighted by atomic mass is 9.81. The lowest BCUT2D eigenvalue weighted by molar-refractivity contribution is -0.114. The number of anilines is 1. The van der Waals surface area contributed by atoms with E-state index in [2.05, 4.69) is 16.2 Å². The van der Waals surface area contributed by atoms with Gasteiger partial charge >= 0.3 is 0 Å². The van der Waals surface area contributed by atoms with Gasteiger partial charge in [-0.1, -0.05) is 0 Å². The van der Waals surface area contributed by atoms with Crippen molar-refractivity contribution in [1.29, 1.82) is 0 Å². The van der Waals surface area contributed by atoms with Crippen molar-refractivity contribution >= 4 is 12.0 Å². The molecule has 5 nitrogen and oxygen atoms in total. The van der Waals surface area contributed by atoms with E-state index in [9.17, 15) is 4.79 Å². The maximum Gasteiger partial charge on any atom is 0.123 e. The molecule has 92 valence electrons. The lowest BCUT2D eigenvalue weighted by Gasteiger charge is -2.31. The monoisotopic (exact) mass is 235 g/mol. The van der Waals surface area contributed by atoms with Gasteiger partial charge in [-0.2, -0.15) is 5.10 Å². The summed E-state index contributed by atoms with van der Waals surface area (Å²) in [6, 6.07) is 0.417. The molecule has 17 heavy (non-hydrogen) atoms. The largest absolute Gasteiger partial charge is 0.378 e. The summed E-state index contributed by atoms with van der Waals surface area (Å²) in [5.41, 5.74) is 1.17. The first-order valence-corrected chi connectivity index (χ1v) is 6.19. The van der Waals surface area contributed by atoms with E-state index in [1.165, 1.54) is 5.69 Å². The molecule has 1 aliphatic heterocycles. The van der Waals surface area contributed by atoms with E-state index in [4.69, 9.17) is 4.74 Å². The summed E-state index contributed by atoms with van der Waals surface area (Å²) < 4.78 is 7.33. The molecule has 2 heterocycles. The minimum absolute atomic E-state index is 0.246. The normalized spacial score (nSPS) is 28.8. The molecule has 1 aromatic rings. The summed E-state index contributed by atoms with van der Waals surface area (Å²) in [5.74, 6) is 0.246. The van der Waals surface area contributed by atoms with Gasteiger partial charge < -0.3 is 14.4 Å². The van der Waals surface area contributed by atoms with Crippen LogP contribution in [0.1, 0.15) is 18.9 Å². The molecule has 1 saturated carbocycles. The van der Waals surface area contributed by atoms with Crippen molar-refractivity contribution in [1.82, 2.24) is 9.78 Å². The van der Waals surface area contributed by atoms with Crippen LogP contribution < -0.4 is 4.90 Å². The van der Waals surface area contributed by atoms with Crippen molar-refractivity contribution in [3.05, 3.63) is 12.4 Å². The molecule has 0 bridgehead atoms. The van der Waals surface area contributed by atoms with E-state index < -0.39 is 0 Å². The average Bonchev–Trinajstić information content (AvgIpc) is 2.78. The van der Waals surface area contributed by atoms with E-state index >= 15 is 0 Å². The Morgan fingerprint density at radius 3 is 2.82 bits per heavy atom.